The van der Waals surface area contributed by atoms with Gasteiger partial charge < -0.3 is 19.0 Å². The van der Waals surface area contributed by atoms with Gasteiger partial charge in [-0.25, -0.2) is 4.79 Å². The van der Waals surface area contributed by atoms with Crippen molar-refractivity contribution in [1.82, 2.24) is 0 Å². The number of halogens is 3. The molecule has 0 saturated carbocycles. The summed E-state index contributed by atoms with van der Waals surface area (Å²) in [4.78, 5) is 29.9. The lowest BCUT2D eigenvalue weighted by molar-refractivity contribution is -0.155. The number of rotatable bonds is 10. The van der Waals surface area contributed by atoms with E-state index in [1.165, 1.54) is 13.3 Å². The van der Waals surface area contributed by atoms with Gasteiger partial charge in [-0.2, -0.15) is 0 Å². The predicted octanol–water partition coefficient (Wildman–Crippen LogP) is 7.20. The van der Waals surface area contributed by atoms with Crippen molar-refractivity contribution in [2.24, 2.45) is 5.16 Å². The van der Waals surface area contributed by atoms with Gasteiger partial charge in [-0.3, -0.25) is 4.79 Å². The molecule has 0 heterocycles. The van der Waals surface area contributed by atoms with Crippen molar-refractivity contribution < 1.29 is 28.6 Å². The SMILES string of the molecule is CCOC(=O)C(C)O/N=C/c1cc(Br)c(Oc2ccc(OC)c(C(=O)c3ccc(Cl)cc3)c2)c(Br)c1. The molecule has 0 saturated heterocycles. The Morgan fingerprint density at radius 1 is 1.06 bits per heavy atom. The molecule has 0 aromatic heterocycles. The first-order valence-electron chi connectivity index (χ1n) is 10.7. The van der Waals surface area contributed by atoms with Crippen LogP contribution in [0.25, 0.3) is 0 Å². The maximum Gasteiger partial charge on any atom is 0.349 e. The van der Waals surface area contributed by atoms with Gasteiger partial charge in [0.2, 0.25) is 6.10 Å². The molecular weight excluding hydrogens is 618 g/mol. The Morgan fingerprint density at radius 2 is 1.72 bits per heavy atom. The number of esters is 1. The predicted molar refractivity (Wildman–Crippen MR) is 145 cm³/mol. The van der Waals surface area contributed by atoms with Crippen molar-refractivity contribution in [1.29, 1.82) is 0 Å². The lowest BCUT2D eigenvalue weighted by atomic mass is 10.0. The molecule has 0 aliphatic heterocycles. The molecule has 36 heavy (non-hydrogen) atoms. The third-order valence-electron chi connectivity index (χ3n) is 4.80. The Morgan fingerprint density at radius 3 is 2.33 bits per heavy atom. The van der Waals surface area contributed by atoms with Crippen LogP contribution >= 0.6 is 43.5 Å². The lowest BCUT2D eigenvalue weighted by Crippen LogP contribution is -2.21. The summed E-state index contributed by atoms with van der Waals surface area (Å²) in [5.41, 5.74) is 1.51. The summed E-state index contributed by atoms with van der Waals surface area (Å²) < 4.78 is 17.6. The van der Waals surface area contributed by atoms with E-state index in [1.54, 1.807) is 68.4 Å². The van der Waals surface area contributed by atoms with Crippen molar-refractivity contribution in [2.75, 3.05) is 13.7 Å². The molecule has 0 spiro atoms. The highest BCUT2D eigenvalue weighted by Gasteiger charge is 2.18. The Bertz CT molecular complexity index is 1260. The van der Waals surface area contributed by atoms with Gasteiger partial charge >= 0.3 is 5.97 Å². The summed E-state index contributed by atoms with van der Waals surface area (Å²) in [6.07, 6.45) is 0.640. The van der Waals surface area contributed by atoms with Crippen LogP contribution in [0, 0.1) is 0 Å². The molecule has 188 valence electrons. The maximum atomic E-state index is 13.1. The minimum absolute atomic E-state index is 0.226. The smallest absolute Gasteiger partial charge is 0.349 e. The fourth-order valence-electron chi connectivity index (χ4n) is 3.04. The quantitative estimate of drug-likeness (QED) is 0.101. The van der Waals surface area contributed by atoms with Crippen LogP contribution in [0.1, 0.15) is 35.3 Å². The van der Waals surface area contributed by atoms with Gasteiger partial charge in [-0.1, -0.05) is 16.8 Å². The maximum absolute atomic E-state index is 13.1. The molecule has 0 radical (unpaired) electrons. The van der Waals surface area contributed by atoms with Crippen molar-refractivity contribution in [3.8, 4) is 17.2 Å². The second kappa shape index (κ2) is 12.9. The number of nitrogens with zero attached hydrogens (tertiary/aromatic N) is 1. The number of methoxy groups -OCH3 is 1. The van der Waals surface area contributed by atoms with E-state index < -0.39 is 12.1 Å². The molecule has 10 heteroatoms. The topological polar surface area (TPSA) is 83.4 Å². The fraction of sp³-hybridized carbons (Fsp3) is 0.192. The Kier molecular flexibility index (Phi) is 9.92. The van der Waals surface area contributed by atoms with Gasteiger partial charge in [-0.05, 0) is 106 Å². The van der Waals surface area contributed by atoms with E-state index >= 15 is 0 Å². The highest BCUT2D eigenvalue weighted by molar-refractivity contribution is 9.11. The number of benzene rings is 3. The molecule has 3 aromatic rings. The van der Waals surface area contributed by atoms with Gasteiger partial charge in [0, 0.05) is 10.6 Å². The first-order chi connectivity index (χ1) is 17.2. The molecule has 7 nitrogen and oxygen atoms in total. The van der Waals surface area contributed by atoms with Crippen LogP contribution in [0.3, 0.4) is 0 Å². The highest BCUT2D eigenvalue weighted by atomic mass is 79.9. The minimum Gasteiger partial charge on any atom is -0.496 e. The summed E-state index contributed by atoms with van der Waals surface area (Å²) in [6, 6.07) is 15.2. The number of ether oxygens (including phenoxy) is 3. The molecule has 0 fully saturated rings. The van der Waals surface area contributed by atoms with Gasteiger partial charge in [0.15, 0.2) is 11.5 Å². The molecule has 1 atom stereocenters. The zero-order valence-corrected chi connectivity index (χ0v) is 23.5. The monoisotopic (exact) mass is 637 g/mol. The fourth-order valence-corrected chi connectivity index (χ4v) is 4.55. The van der Waals surface area contributed by atoms with Crippen molar-refractivity contribution in [3.05, 3.63) is 85.3 Å². The third kappa shape index (κ3) is 7.09. The zero-order valence-electron chi connectivity index (χ0n) is 19.6. The Balaban J connectivity index is 1.80. The van der Waals surface area contributed by atoms with Crippen LogP contribution in [0.4, 0.5) is 0 Å². The van der Waals surface area contributed by atoms with Crippen LogP contribution in [-0.2, 0) is 14.4 Å². The van der Waals surface area contributed by atoms with Gasteiger partial charge in [0.05, 0.1) is 34.4 Å². The summed E-state index contributed by atoms with van der Waals surface area (Å²) in [6.45, 7) is 3.54. The van der Waals surface area contributed by atoms with Crippen molar-refractivity contribution >= 4 is 61.4 Å². The van der Waals surface area contributed by atoms with Gasteiger partial charge in [0.25, 0.3) is 0 Å². The lowest BCUT2D eigenvalue weighted by Gasteiger charge is -2.14. The van der Waals surface area contributed by atoms with E-state index in [-0.39, 0.29) is 12.4 Å². The average molecular weight is 640 g/mol. The molecule has 0 bridgehead atoms. The third-order valence-corrected chi connectivity index (χ3v) is 6.23. The number of oxime groups is 1. The average Bonchev–Trinajstić information content (AvgIpc) is 2.86. The van der Waals surface area contributed by atoms with E-state index in [4.69, 9.17) is 30.6 Å². The van der Waals surface area contributed by atoms with E-state index in [1.807, 2.05) is 0 Å². The number of carbonyl (C=O) groups is 2. The van der Waals surface area contributed by atoms with Crippen LogP contribution in [-0.4, -0.2) is 37.8 Å². The molecule has 0 N–H and O–H groups in total. The van der Waals surface area contributed by atoms with Gasteiger partial charge in [0.1, 0.15) is 11.5 Å². The van der Waals surface area contributed by atoms with E-state index in [9.17, 15) is 9.59 Å². The Hall–Kier alpha value is -2.88. The van der Waals surface area contributed by atoms with E-state index in [0.717, 1.165) is 0 Å². The normalized spacial score (nSPS) is 11.7. The molecule has 1 unspecified atom stereocenters. The summed E-state index contributed by atoms with van der Waals surface area (Å²) >= 11 is 13.0. The van der Waals surface area contributed by atoms with Crippen LogP contribution < -0.4 is 9.47 Å². The highest BCUT2D eigenvalue weighted by Crippen LogP contribution is 2.39. The summed E-state index contributed by atoms with van der Waals surface area (Å²) in [5, 5.41) is 4.40. The Labute approximate surface area is 230 Å². The zero-order chi connectivity index (χ0) is 26.2. The molecular formula is C26H22Br2ClNO6. The van der Waals surface area contributed by atoms with Crippen LogP contribution in [0.15, 0.2) is 68.7 Å². The number of hydrogen-bond acceptors (Lipinski definition) is 7. The largest absolute Gasteiger partial charge is 0.496 e. The van der Waals surface area contributed by atoms with Crippen molar-refractivity contribution in [2.45, 2.75) is 20.0 Å². The summed E-state index contributed by atoms with van der Waals surface area (Å²) in [7, 11) is 1.50. The van der Waals surface area contributed by atoms with Crippen LogP contribution in [0.2, 0.25) is 5.02 Å². The minimum atomic E-state index is -0.824. The second-order valence-electron chi connectivity index (χ2n) is 7.35. The number of ketones is 1. The van der Waals surface area contributed by atoms with Gasteiger partial charge in [-0.15, -0.1) is 0 Å². The molecule has 0 amide bonds. The number of hydrogen-bond donors (Lipinski definition) is 0. The molecule has 0 aliphatic carbocycles. The molecule has 0 aliphatic rings. The second-order valence-corrected chi connectivity index (χ2v) is 9.49. The van der Waals surface area contributed by atoms with Crippen molar-refractivity contribution in [3.63, 3.8) is 0 Å². The standard InChI is InChI=1S/C26H22Br2ClNO6/c1-4-34-26(32)15(2)36-30-14-16-11-21(27)25(22(28)12-16)35-19-9-10-23(33-3)20(13-19)24(31)17-5-7-18(29)8-6-17/h5-15H,4H2,1-3H3/b30-14+. The van der Waals surface area contributed by atoms with E-state index in [0.29, 0.717) is 47.9 Å². The van der Waals surface area contributed by atoms with E-state index in [2.05, 4.69) is 37.0 Å². The van der Waals surface area contributed by atoms with Crippen LogP contribution in [0.5, 0.6) is 17.2 Å². The molecule has 3 aromatic carbocycles. The number of carbonyl (C=O) groups excluding carboxylic acids is 2. The summed E-state index contributed by atoms with van der Waals surface area (Å²) in [5.74, 6) is 0.624. The molecule has 3 rings (SSSR count). The first-order valence-corrected chi connectivity index (χ1v) is 12.7. The first kappa shape index (κ1) is 27.7.